The Morgan fingerprint density at radius 1 is 1.31 bits per heavy atom. The number of methoxy groups -OCH3 is 1. The van der Waals surface area contributed by atoms with Gasteiger partial charge >= 0.3 is 6.18 Å². The van der Waals surface area contributed by atoms with Crippen molar-refractivity contribution in [1.29, 1.82) is 0 Å². The van der Waals surface area contributed by atoms with E-state index in [9.17, 15) is 13.2 Å². The number of benzene rings is 1. The fourth-order valence-electron chi connectivity index (χ4n) is 0.977. The lowest BCUT2D eigenvalue weighted by Gasteiger charge is -2.11. The van der Waals surface area contributed by atoms with Crippen LogP contribution in [0.3, 0.4) is 0 Å². The van der Waals surface area contributed by atoms with Crippen molar-refractivity contribution < 1.29 is 17.9 Å². The average Bonchev–Trinajstić information content (AvgIpc) is 2.03. The molecule has 1 aromatic carbocycles. The third-order valence-corrected chi connectivity index (χ3v) is 1.57. The van der Waals surface area contributed by atoms with E-state index in [0.717, 1.165) is 6.07 Å². The van der Waals surface area contributed by atoms with E-state index < -0.39 is 11.7 Å². The predicted molar refractivity (Wildman–Crippen MR) is 42.5 cm³/mol. The zero-order chi connectivity index (χ0) is 10.1. The lowest BCUT2D eigenvalue weighted by Crippen LogP contribution is -2.07. The van der Waals surface area contributed by atoms with Crippen molar-refractivity contribution in [3.8, 4) is 5.75 Å². The molecule has 0 amide bonds. The SMILES string of the molecule is [CH2]c1ccc(OC)c(C(F)(F)F)c1. The highest BCUT2D eigenvalue weighted by molar-refractivity contribution is 5.40. The summed E-state index contributed by atoms with van der Waals surface area (Å²) in [5.41, 5.74) is -0.476. The summed E-state index contributed by atoms with van der Waals surface area (Å²) in [5, 5.41) is 0. The number of rotatable bonds is 1. The van der Waals surface area contributed by atoms with E-state index >= 15 is 0 Å². The van der Waals surface area contributed by atoms with Crippen LogP contribution in [-0.4, -0.2) is 7.11 Å². The molecule has 0 unspecified atom stereocenters. The maximum Gasteiger partial charge on any atom is 0.419 e. The molecule has 0 fully saturated rings. The van der Waals surface area contributed by atoms with Crippen LogP contribution in [0, 0.1) is 6.92 Å². The Balaban J connectivity index is 3.24. The van der Waals surface area contributed by atoms with E-state index in [2.05, 4.69) is 11.7 Å². The zero-order valence-electron chi connectivity index (χ0n) is 6.98. The van der Waals surface area contributed by atoms with Gasteiger partial charge in [-0.25, -0.2) is 0 Å². The topological polar surface area (TPSA) is 9.23 Å². The standard InChI is InChI=1S/C9H8F3O/c1-6-3-4-8(13-2)7(5-6)9(10,11)12/h3-5H,1H2,2H3. The van der Waals surface area contributed by atoms with Crippen molar-refractivity contribution in [3.05, 3.63) is 36.2 Å². The minimum Gasteiger partial charge on any atom is -0.496 e. The number of alkyl halides is 3. The van der Waals surface area contributed by atoms with E-state index in [1.165, 1.54) is 19.2 Å². The maximum atomic E-state index is 12.3. The molecule has 71 valence electrons. The molecule has 0 atom stereocenters. The number of hydrogen-bond donors (Lipinski definition) is 0. The van der Waals surface area contributed by atoms with Gasteiger partial charge in [-0.05, 0) is 24.6 Å². The lowest BCUT2D eigenvalue weighted by molar-refractivity contribution is -0.138. The van der Waals surface area contributed by atoms with E-state index in [1.807, 2.05) is 0 Å². The maximum absolute atomic E-state index is 12.3. The molecular weight excluding hydrogens is 181 g/mol. The van der Waals surface area contributed by atoms with Crippen LogP contribution in [0.1, 0.15) is 11.1 Å². The molecular formula is C9H8F3O. The Morgan fingerprint density at radius 3 is 2.38 bits per heavy atom. The number of halogens is 3. The van der Waals surface area contributed by atoms with Gasteiger partial charge < -0.3 is 4.74 Å². The van der Waals surface area contributed by atoms with E-state index in [1.54, 1.807) is 0 Å². The van der Waals surface area contributed by atoms with Crippen LogP contribution < -0.4 is 4.74 Å². The van der Waals surface area contributed by atoms with Gasteiger partial charge in [0.15, 0.2) is 0 Å². The van der Waals surface area contributed by atoms with Crippen LogP contribution in [0.25, 0.3) is 0 Å². The Labute approximate surface area is 74.1 Å². The van der Waals surface area contributed by atoms with Crippen molar-refractivity contribution in [1.82, 2.24) is 0 Å². The van der Waals surface area contributed by atoms with Gasteiger partial charge in [0, 0.05) is 0 Å². The molecule has 0 saturated carbocycles. The highest BCUT2D eigenvalue weighted by Gasteiger charge is 2.34. The summed E-state index contributed by atoms with van der Waals surface area (Å²) in [6, 6.07) is 3.68. The second-order valence-corrected chi connectivity index (χ2v) is 2.53. The first-order chi connectivity index (χ1) is 5.95. The molecule has 1 radical (unpaired) electrons. The van der Waals surface area contributed by atoms with Crippen molar-refractivity contribution in [2.45, 2.75) is 6.18 Å². The van der Waals surface area contributed by atoms with Crippen molar-refractivity contribution in [2.75, 3.05) is 7.11 Å². The quantitative estimate of drug-likeness (QED) is 0.660. The van der Waals surface area contributed by atoms with Crippen LogP contribution in [0.15, 0.2) is 18.2 Å². The molecule has 0 heterocycles. The molecule has 0 saturated heterocycles. The zero-order valence-corrected chi connectivity index (χ0v) is 6.98. The van der Waals surface area contributed by atoms with E-state index in [-0.39, 0.29) is 5.75 Å². The monoisotopic (exact) mass is 189 g/mol. The first-order valence-corrected chi connectivity index (χ1v) is 3.52. The molecule has 4 heteroatoms. The van der Waals surface area contributed by atoms with Crippen molar-refractivity contribution >= 4 is 0 Å². The fraction of sp³-hybridized carbons (Fsp3) is 0.222. The minimum absolute atomic E-state index is 0.181. The van der Waals surface area contributed by atoms with E-state index in [4.69, 9.17) is 0 Å². The number of hydrogen-bond acceptors (Lipinski definition) is 1. The Hall–Kier alpha value is -1.19. The fourth-order valence-corrected chi connectivity index (χ4v) is 0.977. The van der Waals surface area contributed by atoms with Crippen LogP contribution >= 0.6 is 0 Å². The molecule has 0 aliphatic heterocycles. The number of ether oxygens (including phenoxy) is 1. The molecule has 1 rings (SSSR count). The molecule has 0 aromatic heterocycles. The van der Waals surface area contributed by atoms with Gasteiger partial charge in [-0.1, -0.05) is 6.07 Å². The van der Waals surface area contributed by atoms with Crippen LogP contribution in [0.2, 0.25) is 0 Å². The predicted octanol–water partition coefficient (Wildman–Crippen LogP) is 2.90. The second kappa shape index (κ2) is 3.28. The van der Waals surface area contributed by atoms with E-state index in [0.29, 0.717) is 5.56 Å². The third kappa shape index (κ3) is 2.14. The van der Waals surface area contributed by atoms with Crippen LogP contribution in [0.4, 0.5) is 13.2 Å². The lowest BCUT2D eigenvalue weighted by atomic mass is 10.1. The Bertz CT molecular complexity index is 304. The minimum atomic E-state index is -4.39. The smallest absolute Gasteiger partial charge is 0.419 e. The first kappa shape index (κ1) is 9.89. The highest BCUT2D eigenvalue weighted by Crippen LogP contribution is 2.36. The first-order valence-electron chi connectivity index (χ1n) is 3.52. The largest absolute Gasteiger partial charge is 0.496 e. The Kier molecular flexibility index (Phi) is 2.50. The molecule has 1 nitrogen and oxygen atoms in total. The molecule has 1 aromatic rings. The van der Waals surface area contributed by atoms with Gasteiger partial charge in [0.2, 0.25) is 0 Å². The third-order valence-electron chi connectivity index (χ3n) is 1.57. The molecule has 0 aliphatic rings. The molecule has 13 heavy (non-hydrogen) atoms. The normalized spacial score (nSPS) is 11.5. The van der Waals surface area contributed by atoms with Gasteiger partial charge in [0.25, 0.3) is 0 Å². The van der Waals surface area contributed by atoms with Crippen LogP contribution in [0.5, 0.6) is 5.75 Å². The summed E-state index contributed by atoms with van der Waals surface area (Å²) in [7, 11) is 1.20. The average molecular weight is 189 g/mol. The van der Waals surface area contributed by atoms with Gasteiger partial charge in [-0.2, -0.15) is 13.2 Å². The van der Waals surface area contributed by atoms with Gasteiger partial charge in [-0.15, -0.1) is 0 Å². The molecule has 0 spiro atoms. The summed E-state index contributed by atoms with van der Waals surface area (Å²) in [6.07, 6.45) is -4.39. The summed E-state index contributed by atoms with van der Waals surface area (Å²) >= 11 is 0. The highest BCUT2D eigenvalue weighted by atomic mass is 19.4. The van der Waals surface area contributed by atoms with Gasteiger partial charge in [-0.3, -0.25) is 0 Å². The van der Waals surface area contributed by atoms with Crippen LogP contribution in [-0.2, 0) is 6.18 Å². The summed E-state index contributed by atoms with van der Waals surface area (Å²) < 4.78 is 41.5. The molecule has 0 N–H and O–H groups in total. The summed E-state index contributed by atoms with van der Waals surface area (Å²) in [6.45, 7) is 3.41. The Morgan fingerprint density at radius 2 is 1.92 bits per heavy atom. The summed E-state index contributed by atoms with van der Waals surface area (Å²) in [5.74, 6) is -0.181. The van der Waals surface area contributed by atoms with Crippen molar-refractivity contribution in [3.63, 3.8) is 0 Å². The second-order valence-electron chi connectivity index (χ2n) is 2.53. The van der Waals surface area contributed by atoms with Gasteiger partial charge in [0.1, 0.15) is 5.75 Å². The van der Waals surface area contributed by atoms with Gasteiger partial charge in [0.05, 0.1) is 12.7 Å². The molecule has 0 aliphatic carbocycles. The summed E-state index contributed by atoms with van der Waals surface area (Å²) in [4.78, 5) is 0. The van der Waals surface area contributed by atoms with Crippen molar-refractivity contribution in [2.24, 2.45) is 0 Å². The molecule has 0 bridgehead atoms.